The lowest BCUT2D eigenvalue weighted by Gasteiger charge is -2.47. The Labute approximate surface area is 131 Å². The van der Waals surface area contributed by atoms with Gasteiger partial charge in [0.15, 0.2) is 0 Å². The Kier molecular flexibility index (Phi) is 2.82. The smallest absolute Gasteiger partial charge is 0.0917 e. The number of aliphatic hydroxyl groups is 2. The van der Waals surface area contributed by atoms with Gasteiger partial charge in [0.25, 0.3) is 0 Å². The van der Waals surface area contributed by atoms with Gasteiger partial charge in [0.1, 0.15) is 0 Å². The van der Waals surface area contributed by atoms with Crippen molar-refractivity contribution in [2.24, 2.45) is 0 Å². The second-order valence-corrected chi connectivity index (χ2v) is 7.66. The van der Waals surface area contributed by atoms with E-state index in [0.717, 1.165) is 0 Å². The van der Waals surface area contributed by atoms with Crippen molar-refractivity contribution in [2.75, 3.05) is 0 Å². The summed E-state index contributed by atoms with van der Waals surface area (Å²) in [5, 5.41) is 21.1. The molecule has 2 bridgehead atoms. The number of aliphatic hydroxyl groups excluding tert-OH is 2. The van der Waals surface area contributed by atoms with Gasteiger partial charge in [0, 0.05) is 11.8 Å². The highest BCUT2D eigenvalue weighted by molar-refractivity contribution is 5.58. The minimum Gasteiger partial charge on any atom is -0.389 e. The van der Waals surface area contributed by atoms with Crippen molar-refractivity contribution in [3.05, 3.63) is 70.3 Å². The molecule has 3 aliphatic carbocycles. The van der Waals surface area contributed by atoms with Gasteiger partial charge in [-0.2, -0.15) is 0 Å². The molecule has 0 unspecified atom stereocenters. The van der Waals surface area contributed by atoms with Gasteiger partial charge in [-0.3, -0.25) is 0 Å². The molecule has 0 spiro atoms. The zero-order valence-electron chi connectivity index (χ0n) is 13.2. The maximum absolute atomic E-state index is 10.6. The van der Waals surface area contributed by atoms with Gasteiger partial charge in [-0.05, 0) is 33.2 Å². The summed E-state index contributed by atoms with van der Waals surface area (Å²) in [6.07, 6.45) is -1.43. The normalized spacial score (nSPS) is 29.1. The Morgan fingerprint density at radius 3 is 1.77 bits per heavy atom. The van der Waals surface area contributed by atoms with Gasteiger partial charge >= 0.3 is 0 Å². The fourth-order valence-electron chi connectivity index (χ4n) is 4.14. The molecule has 2 aromatic rings. The van der Waals surface area contributed by atoms with Crippen LogP contribution in [0.3, 0.4) is 0 Å². The van der Waals surface area contributed by atoms with Gasteiger partial charge < -0.3 is 10.2 Å². The summed E-state index contributed by atoms with van der Waals surface area (Å²) in [5.74, 6) is -0.228. The monoisotopic (exact) mass is 294 g/mol. The predicted octanol–water partition coefficient (Wildman–Crippen LogP) is 3.30. The molecule has 2 N–H and O–H groups in total. The first kappa shape index (κ1) is 14.0. The van der Waals surface area contributed by atoms with E-state index >= 15 is 0 Å². The molecule has 5 rings (SSSR count). The van der Waals surface area contributed by atoms with E-state index in [-0.39, 0.29) is 17.3 Å². The second-order valence-electron chi connectivity index (χ2n) is 7.66. The molecule has 22 heavy (non-hydrogen) atoms. The lowest BCUT2D eigenvalue weighted by Crippen LogP contribution is -2.47. The van der Waals surface area contributed by atoms with Gasteiger partial charge in [-0.1, -0.05) is 63.2 Å². The number of fused-ring (bicyclic) bond motifs is 1. The van der Waals surface area contributed by atoms with E-state index in [0.29, 0.717) is 0 Å². The van der Waals surface area contributed by atoms with Crippen LogP contribution in [0, 0.1) is 0 Å². The predicted molar refractivity (Wildman–Crippen MR) is 87.3 cm³/mol. The van der Waals surface area contributed by atoms with Crippen molar-refractivity contribution >= 4 is 0 Å². The summed E-state index contributed by atoms with van der Waals surface area (Å²) in [4.78, 5) is 0. The molecule has 0 fully saturated rings. The minimum absolute atomic E-state index is 0.0782. The highest BCUT2D eigenvalue weighted by atomic mass is 16.3. The Bertz CT molecular complexity index is 742. The molecule has 0 aromatic heterocycles. The largest absolute Gasteiger partial charge is 0.389 e. The van der Waals surface area contributed by atoms with E-state index in [9.17, 15) is 10.2 Å². The maximum Gasteiger partial charge on any atom is 0.0917 e. The van der Waals surface area contributed by atoms with Crippen LogP contribution >= 0.6 is 0 Å². The van der Waals surface area contributed by atoms with Crippen LogP contribution in [0.15, 0.2) is 42.5 Å². The molecule has 0 saturated carbocycles. The molecule has 2 heteroatoms. The molecule has 0 radical (unpaired) electrons. The number of hydrogen-bond donors (Lipinski definition) is 2. The van der Waals surface area contributed by atoms with Crippen molar-refractivity contribution in [1.82, 2.24) is 0 Å². The number of rotatable bonds is 0. The Balaban J connectivity index is 1.97. The molecule has 4 atom stereocenters. The first-order valence-electron chi connectivity index (χ1n) is 7.99. The van der Waals surface area contributed by atoms with Crippen LogP contribution in [-0.2, 0) is 5.41 Å². The lowest BCUT2D eigenvalue weighted by molar-refractivity contribution is -0.0154. The van der Waals surface area contributed by atoms with E-state index < -0.39 is 12.2 Å². The zero-order valence-corrected chi connectivity index (χ0v) is 13.2. The SMILES string of the molecule is CC(C)(C)c1ccc2c(c1)[C@H]1c3ccccc3[C@H]2[C@@H](O)[C@H]1O. The fraction of sp³-hybridized carbons (Fsp3) is 0.400. The molecular formula is C20H22O2. The van der Waals surface area contributed by atoms with Gasteiger partial charge in [-0.25, -0.2) is 0 Å². The van der Waals surface area contributed by atoms with Crippen LogP contribution in [0.2, 0.25) is 0 Å². The van der Waals surface area contributed by atoms with Crippen molar-refractivity contribution < 1.29 is 10.2 Å². The molecule has 3 aliphatic rings. The first-order valence-corrected chi connectivity index (χ1v) is 7.99. The van der Waals surface area contributed by atoms with Crippen LogP contribution in [0.25, 0.3) is 0 Å². The molecule has 2 aromatic carbocycles. The summed E-state index contributed by atoms with van der Waals surface area (Å²) in [5.41, 5.74) is 6.06. The van der Waals surface area contributed by atoms with E-state index in [1.165, 1.54) is 27.8 Å². The molecule has 0 saturated heterocycles. The van der Waals surface area contributed by atoms with E-state index in [4.69, 9.17) is 0 Å². The summed E-state index contributed by atoms with van der Waals surface area (Å²) in [6.45, 7) is 6.61. The highest BCUT2D eigenvalue weighted by Crippen LogP contribution is 2.53. The summed E-state index contributed by atoms with van der Waals surface area (Å²) >= 11 is 0. The van der Waals surface area contributed by atoms with Gasteiger partial charge in [0.2, 0.25) is 0 Å². The third-order valence-electron chi connectivity index (χ3n) is 5.32. The van der Waals surface area contributed by atoms with Gasteiger partial charge in [0.05, 0.1) is 12.2 Å². The van der Waals surface area contributed by atoms with Crippen molar-refractivity contribution in [1.29, 1.82) is 0 Å². The van der Waals surface area contributed by atoms with Crippen LogP contribution in [0.4, 0.5) is 0 Å². The number of hydrogen-bond acceptors (Lipinski definition) is 2. The van der Waals surface area contributed by atoms with Crippen LogP contribution < -0.4 is 0 Å². The van der Waals surface area contributed by atoms with Crippen LogP contribution in [-0.4, -0.2) is 22.4 Å². The maximum atomic E-state index is 10.6. The zero-order chi connectivity index (χ0) is 15.6. The minimum atomic E-state index is -0.720. The average Bonchev–Trinajstić information content (AvgIpc) is 2.49. The third-order valence-corrected chi connectivity index (χ3v) is 5.32. The van der Waals surface area contributed by atoms with Crippen molar-refractivity contribution in [3.8, 4) is 0 Å². The molecule has 114 valence electrons. The summed E-state index contributed by atoms with van der Waals surface area (Å²) in [7, 11) is 0. The Hall–Kier alpha value is -1.64. The first-order chi connectivity index (χ1) is 10.4. The molecule has 0 heterocycles. The van der Waals surface area contributed by atoms with Gasteiger partial charge in [-0.15, -0.1) is 0 Å². The Morgan fingerprint density at radius 1 is 0.727 bits per heavy atom. The lowest BCUT2D eigenvalue weighted by atomic mass is 9.60. The standard InChI is InChI=1S/C20H22O2/c1-20(2,3)11-8-9-14-15(10-11)17-13-7-5-4-6-12(13)16(14)18(21)19(17)22/h4-10,16-19,21-22H,1-3H3/t16-,17-,18-,19+/m1/s1. The third kappa shape index (κ3) is 1.74. The van der Waals surface area contributed by atoms with E-state index in [2.05, 4.69) is 51.1 Å². The van der Waals surface area contributed by atoms with E-state index in [1.54, 1.807) is 0 Å². The van der Waals surface area contributed by atoms with E-state index in [1.807, 2.05) is 12.1 Å². The summed E-state index contributed by atoms with van der Waals surface area (Å²) in [6, 6.07) is 14.8. The molecular weight excluding hydrogens is 272 g/mol. The second kappa shape index (κ2) is 4.43. The topological polar surface area (TPSA) is 40.5 Å². The fourth-order valence-corrected chi connectivity index (χ4v) is 4.14. The van der Waals surface area contributed by atoms with Crippen molar-refractivity contribution in [3.63, 3.8) is 0 Å². The molecule has 0 aliphatic heterocycles. The highest BCUT2D eigenvalue weighted by Gasteiger charge is 2.48. The average molecular weight is 294 g/mol. The molecule has 2 nitrogen and oxygen atoms in total. The Morgan fingerprint density at radius 2 is 1.23 bits per heavy atom. The van der Waals surface area contributed by atoms with Crippen molar-refractivity contribution in [2.45, 2.75) is 50.2 Å². The quantitative estimate of drug-likeness (QED) is 0.782. The summed E-state index contributed by atoms with van der Waals surface area (Å²) < 4.78 is 0. The van der Waals surface area contributed by atoms with Crippen LogP contribution in [0.1, 0.15) is 60.4 Å². The molecule has 0 amide bonds. The van der Waals surface area contributed by atoms with Crippen LogP contribution in [0.5, 0.6) is 0 Å². The number of benzene rings is 2.